The van der Waals surface area contributed by atoms with Crippen molar-refractivity contribution < 1.29 is 4.92 Å². The third-order valence-corrected chi connectivity index (χ3v) is 4.16. The Morgan fingerprint density at radius 3 is 2.52 bits per heavy atom. The van der Waals surface area contributed by atoms with Crippen LogP contribution in [0.25, 0.3) is 0 Å². The molecule has 0 aliphatic carbocycles. The molecule has 0 radical (unpaired) electrons. The van der Waals surface area contributed by atoms with Gasteiger partial charge in [-0.2, -0.15) is 0 Å². The number of nitrogens with one attached hydrogen (secondary N) is 1. The fourth-order valence-corrected chi connectivity index (χ4v) is 2.42. The topological polar surface area (TPSA) is 58.4 Å². The number of hydrogen-bond donors (Lipinski definition) is 1. The molecule has 0 aliphatic rings. The van der Waals surface area contributed by atoms with Crippen molar-refractivity contribution >= 4 is 28.7 Å². The maximum absolute atomic E-state index is 10.9. The van der Waals surface area contributed by atoms with Crippen molar-refractivity contribution in [3.63, 3.8) is 0 Å². The van der Waals surface area contributed by atoms with Crippen LogP contribution in [0.5, 0.6) is 0 Å². The summed E-state index contributed by atoms with van der Waals surface area (Å²) in [5.41, 5.74) is 3.02. The highest BCUT2D eigenvalue weighted by molar-refractivity contribution is 7.80. The summed E-state index contributed by atoms with van der Waals surface area (Å²) in [6.07, 6.45) is 0. The van der Waals surface area contributed by atoms with Crippen LogP contribution < -0.4 is 5.32 Å². The number of thiocarbonyl (C=S) groups is 1. The largest absolute Gasteiger partial charge is 0.345 e. The van der Waals surface area contributed by atoms with Gasteiger partial charge in [0.15, 0.2) is 5.11 Å². The Bertz CT molecular complexity index is 716. The summed E-state index contributed by atoms with van der Waals surface area (Å²) < 4.78 is 0. The smallest absolute Gasteiger partial charge is 0.269 e. The van der Waals surface area contributed by atoms with Crippen LogP contribution in [0, 0.1) is 17.0 Å². The minimum Gasteiger partial charge on any atom is -0.345 e. The number of nitro groups is 1. The number of aryl methyl sites for hydroxylation is 1. The van der Waals surface area contributed by atoms with Crippen molar-refractivity contribution in [2.24, 2.45) is 0 Å². The normalized spacial score (nSPS) is 11.6. The van der Waals surface area contributed by atoms with E-state index < -0.39 is 0 Å². The summed E-state index contributed by atoms with van der Waals surface area (Å²) in [5, 5.41) is 14.6. The van der Waals surface area contributed by atoms with Crippen LogP contribution in [-0.4, -0.2) is 22.0 Å². The number of rotatable bonds is 4. The van der Waals surface area contributed by atoms with Crippen molar-refractivity contribution in [3.8, 4) is 0 Å². The second-order valence-electron chi connectivity index (χ2n) is 5.44. The summed E-state index contributed by atoms with van der Waals surface area (Å²) in [7, 11) is 1.87. The summed E-state index contributed by atoms with van der Waals surface area (Å²) in [4.78, 5) is 12.4. The van der Waals surface area contributed by atoms with Gasteiger partial charge in [0.1, 0.15) is 0 Å². The summed E-state index contributed by atoms with van der Waals surface area (Å²) >= 11 is 5.43. The quantitative estimate of drug-likeness (QED) is 0.515. The third kappa shape index (κ3) is 4.26. The molecule has 5 nitrogen and oxygen atoms in total. The lowest BCUT2D eigenvalue weighted by atomic mass is 10.1. The lowest BCUT2D eigenvalue weighted by molar-refractivity contribution is -0.384. The number of non-ortho nitro benzene ring substituents is 1. The lowest BCUT2D eigenvalue weighted by Crippen LogP contribution is -2.33. The summed E-state index contributed by atoms with van der Waals surface area (Å²) in [6, 6.07) is 14.5. The zero-order valence-electron chi connectivity index (χ0n) is 13.3. The van der Waals surface area contributed by atoms with E-state index in [1.807, 2.05) is 56.1 Å². The lowest BCUT2D eigenvalue weighted by Gasteiger charge is -2.28. The van der Waals surface area contributed by atoms with Gasteiger partial charge in [0.05, 0.1) is 11.0 Å². The number of hydrogen-bond acceptors (Lipinski definition) is 3. The molecule has 0 unspecified atom stereocenters. The number of nitro benzene ring substituents is 1. The zero-order chi connectivity index (χ0) is 17.0. The Morgan fingerprint density at radius 1 is 1.26 bits per heavy atom. The third-order valence-electron chi connectivity index (χ3n) is 3.77. The maximum atomic E-state index is 10.9. The molecule has 2 aromatic carbocycles. The molecule has 2 rings (SSSR count). The Hall–Kier alpha value is -2.47. The average molecular weight is 329 g/mol. The fraction of sp³-hybridized carbons (Fsp3) is 0.235. The van der Waals surface area contributed by atoms with Gasteiger partial charge in [-0.25, -0.2) is 0 Å². The second kappa shape index (κ2) is 7.19. The standard InChI is InChI=1S/C17H19N3O2S/c1-12-7-9-15(10-8-12)18-17(23)19(3)13(2)14-5-4-6-16(11-14)20(21)22/h4-11,13H,1-3H3,(H,18,23)/t13-/m1/s1. The molecule has 1 atom stereocenters. The van der Waals surface area contributed by atoms with E-state index in [2.05, 4.69) is 5.32 Å². The van der Waals surface area contributed by atoms with Crippen LogP contribution in [0.1, 0.15) is 24.1 Å². The minimum atomic E-state index is -0.390. The molecule has 0 aliphatic heterocycles. The molecule has 2 aromatic rings. The van der Waals surface area contributed by atoms with E-state index in [9.17, 15) is 10.1 Å². The van der Waals surface area contributed by atoms with Crippen LogP contribution in [-0.2, 0) is 0 Å². The Balaban J connectivity index is 2.10. The molecule has 6 heteroatoms. The van der Waals surface area contributed by atoms with E-state index in [0.717, 1.165) is 11.3 Å². The molecule has 23 heavy (non-hydrogen) atoms. The molecule has 0 saturated carbocycles. The van der Waals surface area contributed by atoms with Crippen LogP contribution in [0.3, 0.4) is 0 Å². The summed E-state index contributed by atoms with van der Waals surface area (Å²) in [5.74, 6) is 0. The molecule has 0 amide bonds. The highest BCUT2D eigenvalue weighted by Crippen LogP contribution is 2.23. The summed E-state index contributed by atoms with van der Waals surface area (Å²) in [6.45, 7) is 3.99. The van der Waals surface area contributed by atoms with Crippen molar-refractivity contribution in [1.29, 1.82) is 0 Å². The van der Waals surface area contributed by atoms with Crippen molar-refractivity contribution in [2.75, 3.05) is 12.4 Å². The number of anilines is 1. The van der Waals surface area contributed by atoms with Gasteiger partial charge in [-0.1, -0.05) is 29.8 Å². The van der Waals surface area contributed by atoms with E-state index in [0.29, 0.717) is 5.11 Å². The van der Waals surface area contributed by atoms with Gasteiger partial charge in [0, 0.05) is 24.9 Å². The molecule has 0 spiro atoms. The minimum absolute atomic E-state index is 0.0830. The first-order valence-electron chi connectivity index (χ1n) is 7.23. The average Bonchev–Trinajstić information content (AvgIpc) is 2.55. The molecule has 0 aromatic heterocycles. The first kappa shape index (κ1) is 16.9. The predicted molar refractivity (Wildman–Crippen MR) is 96.7 cm³/mol. The molecular weight excluding hydrogens is 310 g/mol. The SMILES string of the molecule is Cc1ccc(NC(=S)N(C)[C@H](C)c2cccc([N+](=O)[O-])c2)cc1. The monoisotopic (exact) mass is 329 g/mol. The molecule has 0 saturated heterocycles. The highest BCUT2D eigenvalue weighted by Gasteiger charge is 2.17. The first-order chi connectivity index (χ1) is 10.9. The molecule has 0 heterocycles. The van der Waals surface area contributed by atoms with Gasteiger partial charge in [-0.05, 0) is 43.8 Å². The molecule has 120 valence electrons. The van der Waals surface area contributed by atoms with Crippen LogP contribution >= 0.6 is 12.2 Å². The van der Waals surface area contributed by atoms with Crippen molar-refractivity contribution in [3.05, 3.63) is 69.8 Å². The van der Waals surface area contributed by atoms with Gasteiger partial charge < -0.3 is 10.2 Å². The Morgan fingerprint density at radius 2 is 1.91 bits per heavy atom. The fourth-order valence-electron chi connectivity index (χ4n) is 2.15. The first-order valence-corrected chi connectivity index (χ1v) is 7.64. The van der Waals surface area contributed by atoms with E-state index in [-0.39, 0.29) is 16.7 Å². The van der Waals surface area contributed by atoms with Crippen LogP contribution in [0.2, 0.25) is 0 Å². The molecule has 1 N–H and O–H groups in total. The molecular formula is C17H19N3O2S. The van der Waals surface area contributed by atoms with Crippen LogP contribution in [0.4, 0.5) is 11.4 Å². The predicted octanol–water partition coefficient (Wildman–Crippen LogP) is 4.29. The molecule has 0 fully saturated rings. The zero-order valence-corrected chi connectivity index (χ0v) is 14.1. The Kier molecular flexibility index (Phi) is 5.28. The van der Waals surface area contributed by atoms with E-state index in [1.54, 1.807) is 12.1 Å². The van der Waals surface area contributed by atoms with Crippen LogP contribution in [0.15, 0.2) is 48.5 Å². The van der Waals surface area contributed by atoms with Gasteiger partial charge in [0.2, 0.25) is 0 Å². The number of nitrogens with zero attached hydrogens (tertiary/aromatic N) is 2. The van der Waals surface area contributed by atoms with Gasteiger partial charge in [-0.15, -0.1) is 0 Å². The van der Waals surface area contributed by atoms with E-state index in [4.69, 9.17) is 12.2 Å². The van der Waals surface area contributed by atoms with Gasteiger partial charge in [-0.3, -0.25) is 10.1 Å². The highest BCUT2D eigenvalue weighted by atomic mass is 32.1. The second-order valence-corrected chi connectivity index (χ2v) is 5.82. The van der Waals surface area contributed by atoms with Gasteiger partial charge >= 0.3 is 0 Å². The van der Waals surface area contributed by atoms with Crippen molar-refractivity contribution in [1.82, 2.24) is 4.90 Å². The molecule has 0 bridgehead atoms. The van der Waals surface area contributed by atoms with E-state index >= 15 is 0 Å². The van der Waals surface area contributed by atoms with E-state index in [1.165, 1.54) is 11.6 Å². The number of benzene rings is 2. The van der Waals surface area contributed by atoms with Gasteiger partial charge in [0.25, 0.3) is 5.69 Å². The Labute approximate surface area is 141 Å². The maximum Gasteiger partial charge on any atom is 0.269 e. The van der Waals surface area contributed by atoms with Crippen molar-refractivity contribution in [2.45, 2.75) is 19.9 Å².